The Morgan fingerprint density at radius 3 is 2.00 bits per heavy atom. The SMILES string of the molecule is COc1cc(CNN2CCN(C)CC2)cc(OC)c1OC. The molecule has 0 aliphatic carbocycles. The van der Waals surface area contributed by atoms with Gasteiger partial charge in [0.1, 0.15) is 0 Å². The van der Waals surface area contributed by atoms with Gasteiger partial charge < -0.3 is 19.1 Å². The fourth-order valence-electron chi connectivity index (χ4n) is 2.41. The van der Waals surface area contributed by atoms with E-state index in [1.165, 1.54) is 0 Å². The fraction of sp³-hybridized carbons (Fsp3) is 0.600. The molecule has 0 unspecified atom stereocenters. The predicted molar refractivity (Wildman–Crippen MR) is 82.0 cm³/mol. The molecule has 21 heavy (non-hydrogen) atoms. The summed E-state index contributed by atoms with van der Waals surface area (Å²) in [5, 5.41) is 2.25. The minimum Gasteiger partial charge on any atom is -0.493 e. The molecule has 1 fully saturated rings. The number of methoxy groups -OCH3 is 3. The average molecular weight is 295 g/mol. The van der Waals surface area contributed by atoms with Crippen molar-refractivity contribution < 1.29 is 14.2 Å². The molecule has 0 bridgehead atoms. The monoisotopic (exact) mass is 295 g/mol. The van der Waals surface area contributed by atoms with E-state index in [9.17, 15) is 0 Å². The molecule has 1 aromatic rings. The number of likely N-dealkylation sites (N-methyl/N-ethyl adjacent to an activating group) is 1. The minimum absolute atomic E-state index is 0.628. The molecule has 0 saturated carbocycles. The van der Waals surface area contributed by atoms with Gasteiger partial charge in [-0.15, -0.1) is 0 Å². The van der Waals surface area contributed by atoms with E-state index in [0.29, 0.717) is 17.2 Å². The Morgan fingerprint density at radius 2 is 1.52 bits per heavy atom. The third kappa shape index (κ3) is 4.00. The minimum atomic E-state index is 0.628. The summed E-state index contributed by atoms with van der Waals surface area (Å²) in [6.07, 6.45) is 0. The van der Waals surface area contributed by atoms with Crippen molar-refractivity contribution in [2.24, 2.45) is 0 Å². The highest BCUT2D eigenvalue weighted by atomic mass is 16.5. The molecule has 1 heterocycles. The van der Waals surface area contributed by atoms with Crippen molar-refractivity contribution in [1.29, 1.82) is 0 Å². The van der Waals surface area contributed by atoms with Crippen LogP contribution in [0.15, 0.2) is 12.1 Å². The lowest BCUT2D eigenvalue weighted by Crippen LogP contribution is -2.50. The molecule has 1 aromatic carbocycles. The van der Waals surface area contributed by atoms with E-state index in [-0.39, 0.29) is 0 Å². The van der Waals surface area contributed by atoms with Gasteiger partial charge in [0.05, 0.1) is 21.3 Å². The number of hydrogen-bond acceptors (Lipinski definition) is 6. The second-order valence-electron chi connectivity index (χ2n) is 5.16. The highest BCUT2D eigenvalue weighted by Gasteiger charge is 2.15. The van der Waals surface area contributed by atoms with E-state index < -0.39 is 0 Å². The Morgan fingerprint density at radius 1 is 0.952 bits per heavy atom. The molecule has 1 saturated heterocycles. The molecule has 0 amide bonds. The number of nitrogens with zero attached hydrogens (tertiary/aromatic N) is 2. The number of hydrazine groups is 1. The lowest BCUT2D eigenvalue weighted by Gasteiger charge is -2.32. The van der Waals surface area contributed by atoms with Gasteiger partial charge in [0, 0.05) is 32.7 Å². The Kier molecular flexibility index (Phi) is 5.67. The topological polar surface area (TPSA) is 46.2 Å². The molecule has 0 aromatic heterocycles. The average Bonchev–Trinajstić information content (AvgIpc) is 2.53. The number of benzene rings is 1. The predicted octanol–water partition coefficient (Wildman–Crippen LogP) is 0.964. The maximum atomic E-state index is 5.37. The van der Waals surface area contributed by atoms with Crippen LogP contribution in [0.4, 0.5) is 0 Å². The Balaban J connectivity index is 2.02. The normalized spacial score (nSPS) is 16.8. The molecule has 1 aliphatic heterocycles. The first-order valence-corrected chi connectivity index (χ1v) is 7.13. The van der Waals surface area contributed by atoms with Crippen molar-refractivity contribution in [2.75, 3.05) is 54.6 Å². The number of nitrogens with one attached hydrogen (secondary N) is 1. The van der Waals surface area contributed by atoms with E-state index in [0.717, 1.165) is 38.3 Å². The van der Waals surface area contributed by atoms with Crippen LogP contribution in [0.25, 0.3) is 0 Å². The zero-order valence-corrected chi connectivity index (χ0v) is 13.3. The van der Waals surface area contributed by atoms with Crippen LogP contribution in [0, 0.1) is 0 Å². The Bertz CT molecular complexity index is 434. The van der Waals surface area contributed by atoms with Crippen LogP contribution >= 0.6 is 0 Å². The van der Waals surface area contributed by atoms with Crippen molar-refractivity contribution in [3.63, 3.8) is 0 Å². The van der Waals surface area contributed by atoms with Crippen LogP contribution in [-0.2, 0) is 6.54 Å². The van der Waals surface area contributed by atoms with Gasteiger partial charge in [0.25, 0.3) is 0 Å². The molecule has 1 aliphatic rings. The zero-order chi connectivity index (χ0) is 15.2. The Hall–Kier alpha value is -1.50. The van der Waals surface area contributed by atoms with Crippen LogP contribution in [0.3, 0.4) is 0 Å². The molecule has 1 N–H and O–H groups in total. The van der Waals surface area contributed by atoms with Crippen LogP contribution in [0.5, 0.6) is 17.2 Å². The third-order valence-electron chi connectivity index (χ3n) is 3.73. The second-order valence-corrected chi connectivity index (χ2v) is 5.16. The molecule has 0 spiro atoms. The van der Waals surface area contributed by atoms with Crippen molar-refractivity contribution >= 4 is 0 Å². The zero-order valence-electron chi connectivity index (χ0n) is 13.3. The lowest BCUT2D eigenvalue weighted by molar-refractivity contribution is 0.102. The van der Waals surface area contributed by atoms with Crippen molar-refractivity contribution in [3.05, 3.63) is 17.7 Å². The van der Waals surface area contributed by atoms with E-state index >= 15 is 0 Å². The van der Waals surface area contributed by atoms with Crippen LogP contribution in [0.1, 0.15) is 5.56 Å². The molecule has 0 radical (unpaired) electrons. The van der Waals surface area contributed by atoms with Crippen LogP contribution in [-0.4, -0.2) is 64.5 Å². The number of ether oxygens (including phenoxy) is 3. The number of piperazine rings is 1. The maximum Gasteiger partial charge on any atom is 0.203 e. The van der Waals surface area contributed by atoms with Gasteiger partial charge in [0.2, 0.25) is 5.75 Å². The van der Waals surface area contributed by atoms with Gasteiger partial charge >= 0.3 is 0 Å². The molecule has 118 valence electrons. The second kappa shape index (κ2) is 7.49. The molecule has 6 nitrogen and oxygen atoms in total. The summed E-state index contributed by atoms with van der Waals surface area (Å²) >= 11 is 0. The van der Waals surface area contributed by atoms with Gasteiger partial charge in [-0.2, -0.15) is 0 Å². The number of hydrogen-bond donors (Lipinski definition) is 1. The van der Waals surface area contributed by atoms with E-state index in [1.54, 1.807) is 21.3 Å². The first-order valence-electron chi connectivity index (χ1n) is 7.13. The van der Waals surface area contributed by atoms with E-state index in [4.69, 9.17) is 14.2 Å². The van der Waals surface area contributed by atoms with Gasteiger partial charge in [0.15, 0.2) is 11.5 Å². The molecule has 6 heteroatoms. The van der Waals surface area contributed by atoms with Crippen LogP contribution in [0.2, 0.25) is 0 Å². The summed E-state index contributed by atoms with van der Waals surface area (Å²) in [6.45, 7) is 4.97. The molecular formula is C15H25N3O3. The highest BCUT2D eigenvalue weighted by Crippen LogP contribution is 2.38. The first-order chi connectivity index (χ1) is 10.2. The quantitative estimate of drug-likeness (QED) is 0.843. The maximum absolute atomic E-state index is 5.37. The third-order valence-corrected chi connectivity index (χ3v) is 3.73. The molecule has 0 atom stereocenters. The van der Waals surface area contributed by atoms with E-state index in [1.807, 2.05) is 12.1 Å². The number of rotatable bonds is 6. The van der Waals surface area contributed by atoms with Crippen molar-refractivity contribution in [3.8, 4) is 17.2 Å². The van der Waals surface area contributed by atoms with Gasteiger partial charge in [-0.3, -0.25) is 5.43 Å². The largest absolute Gasteiger partial charge is 0.493 e. The van der Waals surface area contributed by atoms with Gasteiger partial charge in [-0.1, -0.05) is 0 Å². The van der Waals surface area contributed by atoms with Gasteiger partial charge in [-0.05, 0) is 24.7 Å². The summed E-state index contributed by atoms with van der Waals surface area (Å²) in [4.78, 5) is 2.33. The summed E-state index contributed by atoms with van der Waals surface area (Å²) in [7, 11) is 7.03. The van der Waals surface area contributed by atoms with Crippen molar-refractivity contribution in [2.45, 2.75) is 6.54 Å². The first kappa shape index (κ1) is 15.9. The molecular weight excluding hydrogens is 270 g/mol. The summed E-state index contributed by atoms with van der Waals surface area (Å²) in [6, 6.07) is 3.95. The summed E-state index contributed by atoms with van der Waals surface area (Å²) < 4.78 is 16.1. The smallest absolute Gasteiger partial charge is 0.203 e. The fourth-order valence-corrected chi connectivity index (χ4v) is 2.41. The van der Waals surface area contributed by atoms with Gasteiger partial charge in [-0.25, -0.2) is 5.01 Å². The molecule has 2 rings (SSSR count). The highest BCUT2D eigenvalue weighted by molar-refractivity contribution is 5.53. The standard InChI is InChI=1S/C15H25N3O3/c1-17-5-7-18(8-6-17)16-11-12-9-13(19-2)15(21-4)14(10-12)20-3/h9-10,16H,5-8,11H2,1-4H3. The lowest BCUT2D eigenvalue weighted by atomic mass is 10.2. The summed E-state index contributed by atoms with van der Waals surface area (Å²) in [5.74, 6) is 2.00. The summed E-state index contributed by atoms with van der Waals surface area (Å²) in [5.41, 5.74) is 4.55. The Labute approximate surface area is 126 Å². The van der Waals surface area contributed by atoms with Crippen molar-refractivity contribution in [1.82, 2.24) is 15.3 Å². The van der Waals surface area contributed by atoms with Crippen LogP contribution < -0.4 is 19.6 Å². The van der Waals surface area contributed by atoms with E-state index in [2.05, 4.69) is 22.4 Å².